The van der Waals surface area contributed by atoms with Crippen molar-refractivity contribution in [2.75, 3.05) is 11.9 Å². The van der Waals surface area contributed by atoms with Gasteiger partial charge in [-0.05, 0) is 37.6 Å². The summed E-state index contributed by atoms with van der Waals surface area (Å²) in [6.45, 7) is 4.19. The number of nitro groups is 1. The summed E-state index contributed by atoms with van der Waals surface area (Å²) in [5, 5.41) is 11.1. The minimum absolute atomic E-state index is 0.0577. The van der Waals surface area contributed by atoms with Crippen LogP contribution in [0, 0.1) is 15.9 Å². The molecule has 0 radical (unpaired) electrons. The molecule has 2 rings (SSSR count). The van der Waals surface area contributed by atoms with Crippen molar-refractivity contribution in [2.45, 2.75) is 26.5 Å². The maximum atomic E-state index is 12.9. The molecular formula is C17H19FN2O3. The van der Waals surface area contributed by atoms with Crippen molar-refractivity contribution < 1.29 is 14.1 Å². The van der Waals surface area contributed by atoms with Gasteiger partial charge < -0.3 is 9.64 Å². The Balaban J connectivity index is 2.24. The van der Waals surface area contributed by atoms with E-state index in [0.717, 1.165) is 11.3 Å². The van der Waals surface area contributed by atoms with Crippen LogP contribution in [-0.2, 0) is 6.54 Å². The molecular weight excluding hydrogens is 299 g/mol. The number of hydrogen-bond donors (Lipinski definition) is 0. The Labute approximate surface area is 134 Å². The van der Waals surface area contributed by atoms with Gasteiger partial charge in [-0.15, -0.1) is 0 Å². The van der Waals surface area contributed by atoms with Crippen LogP contribution < -0.4 is 9.64 Å². The molecule has 0 saturated heterocycles. The van der Waals surface area contributed by atoms with E-state index in [-0.39, 0.29) is 23.4 Å². The van der Waals surface area contributed by atoms with E-state index in [0.29, 0.717) is 6.54 Å². The largest absolute Gasteiger partial charge is 0.484 e. The first-order chi connectivity index (χ1) is 10.9. The average Bonchev–Trinajstić information content (AvgIpc) is 2.48. The van der Waals surface area contributed by atoms with Gasteiger partial charge in [0.25, 0.3) is 0 Å². The molecule has 0 aliphatic rings. The van der Waals surface area contributed by atoms with E-state index in [9.17, 15) is 14.5 Å². The monoisotopic (exact) mass is 318 g/mol. The summed E-state index contributed by atoms with van der Waals surface area (Å²) in [5.74, 6) is -0.0344. The molecule has 6 heteroatoms. The second kappa shape index (κ2) is 7.09. The van der Waals surface area contributed by atoms with Crippen LogP contribution in [0.25, 0.3) is 0 Å². The number of benzene rings is 2. The van der Waals surface area contributed by atoms with Crippen LogP contribution in [0.4, 0.5) is 15.8 Å². The van der Waals surface area contributed by atoms with E-state index in [1.165, 1.54) is 18.2 Å². The third-order valence-electron chi connectivity index (χ3n) is 3.28. The van der Waals surface area contributed by atoms with E-state index >= 15 is 0 Å². The molecule has 0 heterocycles. The van der Waals surface area contributed by atoms with Crippen molar-refractivity contribution >= 4 is 11.4 Å². The second-order valence-electron chi connectivity index (χ2n) is 5.56. The highest BCUT2D eigenvalue weighted by Gasteiger charge is 2.18. The van der Waals surface area contributed by atoms with E-state index in [1.54, 1.807) is 24.3 Å². The SMILES string of the molecule is CC(C)Oc1cc(N(C)Cc2ccc(F)cc2)ccc1[N+](=O)[O-]. The lowest BCUT2D eigenvalue weighted by molar-refractivity contribution is -0.386. The lowest BCUT2D eigenvalue weighted by Crippen LogP contribution is -2.17. The van der Waals surface area contributed by atoms with Crippen LogP contribution in [-0.4, -0.2) is 18.1 Å². The van der Waals surface area contributed by atoms with E-state index < -0.39 is 4.92 Å². The van der Waals surface area contributed by atoms with E-state index in [2.05, 4.69) is 0 Å². The van der Waals surface area contributed by atoms with Gasteiger partial charge in [0, 0.05) is 31.4 Å². The smallest absolute Gasteiger partial charge is 0.311 e. The van der Waals surface area contributed by atoms with Gasteiger partial charge in [-0.1, -0.05) is 12.1 Å². The second-order valence-corrected chi connectivity index (χ2v) is 5.56. The minimum atomic E-state index is -0.457. The van der Waals surface area contributed by atoms with E-state index in [1.807, 2.05) is 25.8 Å². The van der Waals surface area contributed by atoms with Gasteiger partial charge in [0.2, 0.25) is 0 Å². The number of hydrogen-bond acceptors (Lipinski definition) is 4. The summed E-state index contributed by atoms with van der Waals surface area (Å²) in [6, 6.07) is 11.0. The maximum Gasteiger partial charge on any atom is 0.311 e. The fourth-order valence-electron chi connectivity index (χ4n) is 2.19. The fourth-order valence-corrected chi connectivity index (χ4v) is 2.19. The molecule has 0 atom stereocenters. The number of rotatable bonds is 6. The van der Waals surface area contributed by atoms with Crippen molar-refractivity contribution in [2.24, 2.45) is 0 Å². The Bertz CT molecular complexity index is 687. The molecule has 2 aromatic rings. The number of nitrogens with zero attached hydrogens (tertiary/aromatic N) is 2. The highest BCUT2D eigenvalue weighted by molar-refractivity contribution is 5.59. The van der Waals surface area contributed by atoms with Crippen molar-refractivity contribution in [3.8, 4) is 5.75 Å². The third kappa shape index (κ3) is 4.42. The average molecular weight is 318 g/mol. The first kappa shape index (κ1) is 16.7. The molecule has 0 unspecified atom stereocenters. The summed E-state index contributed by atoms with van der Waals surface area (Å²) < 4.78 is 18.5. The number of ether oxygens (including phenoxy) is 1. The predicted octanol–water partition coefficient (Wildman–Crippen LogP) is 4.16. The zero-order valence-corrected chi connectivity index (χ0v) is 13.3. The maximum absolute atomic E-state index is 12.9. The zero-order valence-electron chi connectivity index (χ0n) is 13.3. The first-order valence-corrected chi connectivity index (χ1v) is 7.27. The lowest BCUT2D eigenvalue weighted by Gasteiger charge is -2.20. The molecule has 0 bridgehead atoms. The Morgan fingerprint density at radius 1 is 1.22 bits per heavy atom. The van der Waals surface area contributed by atoms with Gasteiger partial charge in [0.05, 0.1) is 11.0 Å². The van der Waals surface area contributed by atoms with Crippen molar-refractivity contribution in [3.63, 3.8) is 0 Å². The van der Waals surface area contributed by atoms with Crippen LogP contribution >= 0.6 is 0 Å². The standard InChI is InChI=1S/C17H19FN2O3/c1-12(2)23-17-10-15(8-9-16(17)20(21)22)19(3)11-13-4-6-14(18)7-5-13/h4-10,12H,11H2,1-3H3. The Morgan fingerprint density at radius 3 is 2.43 bits per heavy atom. The summed E-state index contributed by atoms with van der Waals surface area (Å²) in [4.78, 5) is 12.5. The molecule has 0 aliphatic heterocycles. The number of halogens is 1. The molecule has 23 heavy (non-hydrogen) atoms. The van der Waals surface area contributed by atoms with E-state index in [4.69, 9.17) is 4.74 Å². The lowest BCUT2D eigenvalue weighted by atomic mass is 10.2. The normalized spacial score (nSPS) is 10.7. The van der Waals surface area contributed by atoms with Crippen LogP contribution in [0.2, 0.25) is 0 Å². The molecule has 0 aliphatic carbocycles. The van der Waals surface area contributed by atoms with Gasteiger partial charge >= 0.3 is 5.69 Å². The fraction of sp³-hybridized carbons (Fsp3) is 0.294. The summed E-state index contributed by atoms with van der Waals surface area (Å²) in [5.41, 5.74) is 1.67. The molecule has 122 valence electrons. The van der Waals surface area contributed by atoms with Crippen molar-refractivity contribution in [1.82, 2.24) is 0 Å². The number of nitro benzene ring substituents is 1. The number of anilines is 1. The summed E-state index contributed by atoms with van der Waals surface area (Å²) in [6.07, 6.45) is -0.161. The van der Waals surface area contributed by atoms with Crippen LogP contribution in [0.3, 0.4) is 0 Å². The Hall–Kier alpha value is -2.63. The summed E-state index contributed by atoms with van der Waals surface area (Å²) in [7, 11) is 1.86. The first-order valence-electron chi connectivity index (χ1n) is 7.27. The highest BCUT2D eigenvalue weighted by atomic mass is 19.1. The van der Waals surface area contributed by atoms with Gasteiger partial charge in [-0.3, -0.25) is 10.1 Å². The van der Waals surface area contributed by atoms with Gasteiger partial charge in [-0.25, -0.2) is 4.39 Å². The Morgan fingerprint density at radius 2 is 1.87 bits per heavy atom. The van der Waals surface area contributed by atoms with Crippen LogP contribution in [0.1, 0.15) is 19.4 Å². The molecule has 2 aromatic carbocycles. The van der Waals surface area contributed by atoms with Crippen LogP contribution in [0.15, 0.2) is 42.5 Å². The van der Waals surface area contributed by atoms with Crippen molar-refractivity contribution in [1.29, 1.82) is 0 Å². The van der Waals surface area contributed by atoms with Gasteiger partial charge in [0.1, 0.15) is 5.82 Å². The minimum Gasteiger partial charge on any atom is -0.484 e. The molecule has 0 saturated carbocycles. The van der Waals surface area contributed by atoms with Gasteiger partial charge in [-0.2, -0.15) is 0 Å². The zero-order chi connectivity index (χ0) is 17.0. The third-order valence-corrected chi connectivity index (χ3v) is 3.28. The predicted molar refractivity (Wildman–Crippen MR) is 87.4 cm³/mol. The molecule has 5 nitrogen and oxygen atoms in total. The molecule has 0 N–H and O–H groups in total. The molecule has 0 fully saturated rings. The Kier molecular flexibility index (Phi) is 5.16. The van der Waals surface area contributed by atoms with Crippen LogP contribution in [0.5, 0.6) is 5.75 Å². The molecule has 0 aromatic heterocycles. The van der Waals surface area contributed by atoms with Crippen molar-refractivity contribution in [3.05, 3.63) is 64.0 Å². The highest BCUT2D eigenvalue weighted by Crippen LogP contribution is 2.32. The van der Waals surface area contributed by atoms with Gasteiger partial charge in [0.15, 0.2) is 5.75 Å². The molecule has 0 spiro atoms. The topological polar surface area (TPSA) is 55.6 Å². The quantitative estimate of drug-likeness (QED) is 0.593. The molecule has 0 amide bonds. The summed E-state index contributed by atoms with van der Waals surface area (Å²) >= 11 is 0.